The van der Waals surface area contributed by atoms with Crippen LogP contribution in [0.25, 0.3) is 5.69 Å². The van der Waals surface area contributed by atoms with Gasteiger partial charge in [0.1, 0.15) is 10.2 Å². The number of rotatable bonds is 4. The fourth-order valence-electron chi connectivity index (χ4n) is 2.19. The molecule has 7 heteroatoms. The Morgan fingerprint density at radius 1 is 1.25 bits per heavy atom. The van der Waals surface area contributed by atoms with Gasteiger partial charge in [-0.15, -0.1) is 0 Å². The van der Waals surface area contributed by atoms with Crippen LogP contribution in [0.3, 0.4) is 0 Å². The summed E-state index contributed by atoms with van der Waals surface area (Å²) < 4.78 is 1.78. The SMILES string of the molecule is CNC(=O)c1cc(Sc2ccc(Cl)nc2)n(-c2ccccc2C)n1. The van der Waals surface area contributed by atoms with E-state index in [-0.39, 0.29) is 5.91 Å². The first-order chi connectivity index (χ1) is 11.6. The molecule has 3 rings (SSSR count). The third-order valence-corrected chi connectivity index (χ3v) is 4.60. The van der Waals surface area contributed by atoms with Crippen LogP contribution in [0.15, 0.2) is 58.6 Å². The summed E-state index contributed by atoms with van der Waals surface area (Å²) in [7, 11) is 1.59. The molecule has 2 heterocycles. The molecule has 0 bridgehead atoms. The van der Waals surface area contributed by atoms with Crippen molar-refractivity contribution in [2.24, 2.45) is 0 Å². The van der Waals surface area contributed by atoms with Crippen LogP contribution in [-0.4, -0.2) is 27.7 Å². The maximum atomic E-state index is 12.0. The molecule has 24 heavy (non-hydrogen) atoms. The molecule has 0 saturated heterocycles. The number of nitrogens with one attached hydrogen (secondary N) is 1. The lowest BCUT2D eigenvalue weighted by atomic mass is 10.2. The zero-order valence-corrected chi connectivity index (χ0v) is 14.7. The molecule has 1 N–H and O–H groups in total. The van der Waals surface area contributed by atoms with Gasteiger partial charge >= 0.3 is 0 Å². The summed E-state index contributed by atoms with van der Waals surface area (Å²) in [5.74, 6) is -0.224. The first-order valence-corrected chi connectivity index (χ1v) is 8.45. The number of aryl methyl sites for hydroxylation is 1. The van der Waals surface area contributed by atoms with Crippen LogP contribution >= 0.6 is 23.4 Å². The van der Waals surface area contributed by atoms with E-state index in [4.69, 9.17) is 11.6 Å². The minimum absolute atomic E-state index is 0.224. The number of para-hydroxylation sites is 1. The second-order valence-electron chi connectivity index (χ2n) is 5.06. The van der Waals surface area contributed by atoms with Crippen molar-refractivity contribution >= 4 is 29.3 Å². The zero-order valence-electron chi connectivity index (χ0n) is 13.2. The molecule has 1 amide bonds. The highest BCUT2D eigenvalue weighted by molar-refractivity contribution is 7.99. The molecule has 2 aromatic heterocycles. The van der Waals surface area contributed by atoms with Gasteiger partial charge in [0, 0.05) is 24.2 Å². The Hall–Kier alpha value is -2.31. The van der Waals surface area contributed by atoms with Gasteiger partial charge in [0.15, 0.2) is 5.69 Å². The first-order valence-electron chi connectivity index (χ1n) is 7.26. The number of carbonyl (C=O) groups is 1. The van der Waals surface area contributed by atoms with Gasteiger partial charge in [-0.05, 0) is 30.7 Å². The van der Waals surface area contributed by atoms with Gasteiger partial charge in [-0.3, -0.25) is 4.79 Å². The summed E-state index contributed by atoms with van der Waals surface area (Å²) in [5, 5.41) is 8.34. The third kappa shape index (κ3) is 3.44. The normalized spacial score (nSPS) is 10.6. The molecule has 3 aromatic rings. The Labute approximate surface area is 149 Å². The topological polar surface area (TPSA) is 59.8 Å². The van der Waals surface area contributed by atoms with Gasteiger partial charge in [-0.25, -0.2) is 9.67 Å². The van der Waals surface area contributed by atoms with Crippen LogP contribution in [0.1, 0.15) is 16.1 Å². The van der Waals surface area contributed by atoms with E-state index in [0.717, 1.165) is 21.2 Å². The van der Waals surface area contributed by atoms with Crippen molar-refractivity contribution in [2.75, 3.05) is 7.05 Å². The number of hydrogen-bond acceptors (Lipinski definition) is 4. The van der Waals surface area contributed by atoms with Crippen LogP contribution in [0.2, 0.25) is 5.15 Å². The highest BCUT2D eigenvalue weighted by atomic mass is 35.5. The van der Waals surface area contributed by atoms with Gasteiger partial charge in [0.05, 0.1) is 5.69 Å². The highest BCUT2D eigenvalue weighted by Crippen LogP contribution is 2.31. The largest absolute Gasteiger partial charge is 0.354 e. The van der Waals surface area contributed by atoms with Crippen LogP contribution in [0.4, 0.5) is 0 Å². The van der Waals surface area contributed by atoms with Crippen molar-refractivity contribution < 1.29 is 4.79 Å². The molecule has 0 aliphatic carbocycles. The lowest BCUT2D eigenvalue weighted by Crippen LogP contribution is -2.18. The second kappa shape index (κ2) is 7.07. The molecule has 5 nitrogen and oxygen atoms in total. The molecule has 0 radical (unpaired) electrons. The number of nitrogens with zero attached hydrogens (tertiary/aromatic N) is 3. The van der Waals surface area contributed by atoms with Crippen molar-refractivity contribution in [3.63, 3.8) is 0 Å². The average Bonchev–Trinajstić information content (AvgIpc) is 3.00. The van der Waals surface area contributed by atoms with Crippen molar-refractivity contribution in [1.82, 2.24) is 20.1 Å². The molecule has 0 saturated carbocycles. The average molecular weight is 359 g/mol. The first kappa shape index (κ1) is 16.5. The van der Waals surface area contributed by atoms with E-state index >= 15 is 0 Å². The lowest BCUT2D eigenvalue weighted by Gasteiger charge is -2.09. The summed E-state index contributed by atoms with van der Waals surface area (Å²) in [6.45, 7) is 2.01. The van der Waals surface area contributed by atoms with Gasteiger partial charge in [-0.1, -0.05) is 41.6 Å². The zero-order chi connectivity index (χ0) is 17.1. The van der Waals surface area contributed by atoms with E-state index in [9.17, 15) is 4.79 Å². The number of amides is 1. The standard InChI is InChI=1S/C17H15ClN4OS/c1-11-5-3-4-6-14(11)22-16(9-13(21-22)17(23)19-2)24-12-7-8-15(18)20-10-12/h3-10H,1-2H3,(H,19,23). The smallest absolute Gasteiger partial charge is 0.271 e. The quantitative estimate of drug-likeness (QED) is 0.722. The Kier molecular flexibility index (Phi) is 4.87. The van der Waals surface area contributed by atoms with Crippen molar-refractivity contribution in [3.05, 3.63) is 65.1 Å². The minimum atomic E-state index is -0.224. The Morgan fingerprint density at radius 3 is 2.71 bits per heavy atom. The molecular weight excluding hydrogens is 344 g/mol. The van der Waals surface area contributed by atoms with Crippen molar-refractivity contribution in [3.8, 4) is 5.69 Å². The van der Waals surface area contributed by atoms with Gasteiger partial charge in [0.25, 0.3) is 5.91 Å². The highest BCUT2D eigenvalue weighted by Gasteiger charge is 2.16. The summed E-state index contributed by atoms with van der Waals surface area (Å²) in [5.41, 5.74) is 2.36. The Balaban J connectivity index is 2.06. The molecule has 122 valence electrons. The van der Waals surface area contributed by atoms with E-state index in [1.807, 2.05) is 37.3 Å². The molecule has 1 aromatic carbocycles. The Bertz CT molecular complexity index is 877. The summed E-state index contributed by atoms with van der Waals surface area (Å²) in [6, 6.07) is 13.3. The molecule has 0 fully saturated rings. The van der Waals surface area contributed by atoms with E-state index in [1.54, 1.807) is 30.1 Å². The van der Waals surface area contributed by atoms with Crippen molar-refractivity contribution in [1.29, 1.82) is 0 Å². The van der Waals surface area contributed by atoms with Crippen molar-refractivity contribution in [2.45, 2.75) is 16.8 Å². The van der Waals surface area contributed by atoms with Crippen LogP contribution in [0.5, 0.6) is 0 Å². The van der Waals surface area contributed by atoms with E-state index < -0.39 is 0 Å². The summed E-state index contributed by atoms with van der Waals surface area (Å²) in [6.07, 6.45) is 1.70. The fourth-order valence-corrected chi connectivity index (χ4v) is 3.18. The molecule has 0 spiro atoms. The number of benzene rings is 1. The molecule has 0 atom stereocenters. The van der Waals surface area contributed by atoms with E-state index in [0.29, 0.717) is 10.8 Å². The predicted octanol–water partition coefficient (Wildman–Crippen LogP) is 3.74. The monoisotopic (exact) mass is 358 g/mol. The van der Waals surface area contributed by atoms with Crippen LogP contribution < -0.4 is 5.32 Å². The molecule has 0 aliphatic rings. The van der Waals surface area contributed by atoms with E-state index in [2.05, 4.69) is 15.4 Å². The molecule has 0 unspecified atom stereocenters. The minimum Gasteiger partial charge on any atom is -0.354 e. The number of hydrogen-bond donors (Lipinski definition) is 1. The van der Waals surface area contributed by atoms with Gasteiger partial charge in [-0.2, -0.15) is 5.10 Å². The number of aromatic nitrogens is 3. The fraction of sp³-hybridized carbons (Fsp3) is 0.118. The number of pyridine rings is 1. The Morgan fingerprint density at radius 2 is 2.04 bits per heavy atom. The second-order valence-corrected chi connectivity index (χ2v) is 6.54. The number of halogens is 1. The number of carbonyl (C=O) groups excluding carboxylic acids is 1. The van der Waals surface area contributed by atoms with Gasteiger partial charge < -0.3 is 5.32 Å². The maximum Gasteiger partial charge on any atom is 0.271 e. The van der Waals surface area contributed by atoms with Crippen LogP contribution in [0, 0.1) is 6.92 Å². The lowest BCUT2D eigenvalue weighted by molar-refractivity contribution is 0.0957. The van der Waals surface area contributed by atoms with Crippen LogP contribution in [-0.2, 0) is 0 Å². The predicted molar refractivity (Wildman–Crippen MR) is 95.1 cm³/mol. The van der Waals surface area contributed by atoms with E-state index in [1.165, 1.54) is 11.8 Å². The third-order valence-electron chi connectivity index (χ3n) is 3.40. The summed E-state index contributed by atoms with van der Waals surface area (Å²) >= 11 is 7.31. The summed E-state index contributed by atoms with van der Waals surface area (Å²) in [4.78, 5) is 17.0. The molecule has 0 aliphatic heterocycles. The maximum absolute atomic E-state index is 12.0. The van der Waals surface area contributed by atoms with Gasteiger partial charge in [0.2, 0.25) is 0 Å². The molecular formula is C17H15ClN4OS.